The van der Waals surface area contributed by atoms with Gasteiger partial charge in [-0.15, -0.1) is 0 Å². The Kier molecular flexibility index (Phi) is 5.40. The second kappa shape index (κ2) is 7.28. The van der Waals surface area contributed by atoms with E-state index in [9.17, 15) is 0 Å². The molecule has 0 bridgehead atoms. The number of hydrogen-bond acceptors (Lipinski definition) is 6. The molecule has 1 aliphatic heterocycles. The smallest absolute Gasteiger partial charge is 0.242 e. The zero-order valence-electron chi connectivity index (χ0n) is 12.5. The lowest BCUT2D eigenvalue weighted by Crippen LogP contribution is -2.21. The summed E-state index contributed by atoms with van der Waals surface area (Å²) >= 11 is 0. The molecular formula is C14H25N5O. The van der Waals surface area contributed by atoms with E-state index < -0.39 is 0 Å². The Balaban J connectivity index is 1.74. The maximum Gasteiger partial charge on any atom is 0.242 e. The van der Waals surface area contributed by atoms with E-state index in [4.69, 9.17) is 10.5 Å². The van der Waals surface area contributed by atoms with Gasteiger partial charge in [-0.2, -0.15) is 4.98 Å². The van der Waals surface area contributed by atoms with Gasteiger partial charge in [-0.05, 0) is 52.2 Å². The fourth-order valence-electron chi connectivity index (χ4n) is 2.52. The highest BCUT2D eigenvalue weighted by Gasteiger charge is 2.11. The molecule has 0 spiro atoms. The van der Waals surface area contributed by atoms with Crippen molar-refractivity contribution in [3.63, 3.8) is 0 Å². The number of unbranched alkanes of at least 4 members (excludes halogenated alkanes) is 1. The molecule has 6 heteroatoms. The normalized spacial score (nSPS) is 15.5. The van der Waals surface area contributed by atoms with Gasteiger partial charge in [-0.3, -0.25) is 0 Å². The van der Waals surface area contributed by atoms with Gasteiger partial charge in [-0.25, -0.2) is 4.98 Å². The summed E-state index contributed by atoms with van der Waals surface area (Å²) < 4.78 is 5.14. The molecule has 0 atom stereocenters. The van der Waals surface area contributed by atoms with Crippen molar-refractivity contribution in [3.05, 3.63) is 5.82 Å². The van der Waals surface area contributed by atoms with Crippen LogP contribution in [-0.2, 0) is 0 Å². The van der Waals surface area contributed by atoms with Crippen LogP contribution in [0.3, 0.4) is 0 Å². The number of hydrogen-bond donors (Lipinski definition) is 2. The lowest BCUT2D eigenvalue weighted by Gasteiger charge is -2.15. The lowest BCUT2D eigenvalue weighted by atomic mass is 10.3. The summed E-state index contributed by atoms with van der Waals surface area (Å²) in [6.45, 7) is 6.44. The van der Waals surface area contributed by atoms with Crippen molar-refractivity contribution in [3.8, 4) is 5.88 Å². The molecule has 3 N–H and O–H groups in total. The third-order valence-electron chi connectivity index (χ3n) is 3.61. The van der Waals surface area contributed by atoms with E-state index in [-0.39, 0.29) is 0 Å². The number of nitrogens with two attached hydrogens (primary N) is 1. The Bertz CT molecular complexity index is 432. The zero-order valence-corrected chi connectivity index (χ0v) is 12.5. The van der Waals surface area contributed by atoms with Gasteiger partial charge in [0.05, 0.1) is 7.11 Å². The van der Waals surface area contributed by atoms with Crippen LogP contribution in [0.4, 0.5) is 11.5 Å². The molecule has 0 aliphatic carbocycles. The molecular weight excluding hydrogens is 254 g/mol. The second-order valence-corrected chi connectivity index (χ2v) is 5.23. The quantitative estimate of drug-likeness (QED) is 0.739. The van der Waals surface area contributed by atoms with E-state index in [0.29, 0.717) is 23.2 Å². The SMILES string of the molecule is COc1nc(C)nc(NCCCCN2CCCC2)c1N. The number of likely N-dealkylation sites (tertiary alicyclic amines) is 1. The van der Waals surface area contributed by atoms with Crippen LogP contribution in [0.2, 0.25) is 0 Å². The van der Waals surface area contributed by atoms with Crippen LogP contribution < -0.4 is 15.8 Å². The van der Waals surface area contributed by atoms with Crippen LogP contribution >= 0.6 is 0 Å². The fraction of sp³-hybridized carbons (Fsp3) is 0.714. The van der Waals surface area contributed by atoms with Crippen LogP contribution in [0.1, 0.15) is 31.5 Å². The maximum absolute atomic E-state index is 5.96. The molecule has 112 valence electrons. The Morgan fingerprint density at radius 3 is 2.70 bits per heavy atom. The number of methoxy groups -OCH3 is 1. The summed E-state index contributed by atoms with van der Waals surface area (Å²) in [6, 6.07) is 0. The number of aromatic nitrogens is 2. The number of anilines is 2. The Labute approximate surface area is 120 Å². The van der Waals surface area contributed by atoms with Crippen LogP contribution in [0, 0.1) is 6.92 Å². The van der Waals surface area contributed by atoms with Gasteiger partial charge in [0.2, 0.25) is 5.88 Å². The van der Waals surface area contributed by atoms with E-state index in [1.54, 1.807) is 7.11 Å². The minimum Gasteiger partial charge on any atom is -0.479 e. The molecule has 0 aromatic carbocycles. The molecule has 1 aromatic heterocycles. The first-order chi connectivity index (χ1) is 9.70. The molecule has 0 unspecified atom stereocenters. The van der Waals surface area contributed by atoms with Gasteiger partial charge in [-0.1, -0.05) is 0 Å². The fourth-order valence-corrected chi connectivity index (χ4v) is 2.52. The minimum atomic E-state index is 0.442. The number of nitrogens with zero attached hydrogens (tertiary/aromatic N) is 3. The first-order valence-electron chi connectivity index (χ1n) is 7.35. The average Bonchev–Trinajstić information content (AvgIpc) is 2.95. The summed E-state index contributed by atoms with van der Waals surface area (Å²) in [4.78, 5) is 11.0. The third kappa shape index (κ3) is 3.96. The molecule has 6 nitrogen and oxygen atoms in total. The second-order valence-electron chi connectivity index (χ2n) is 5.23. The van der Waals surface area contributed by atoms with Gasteiger partial charge in [0.1, 0.15) is 11.5 Å². The highest BCUT2D eigenvalue weighted by molar-refractivity contribution is 5.66. The van der Waals surface area contributed by atoms with E-state index in [0.717, 1.165) is 13.0 Å². The van der Waals surface area contributed by atoms with Crippen molar-refractivity contribution in [2.24, 2.45) is 0 Å². The lowest BCUT2D eigenvalue weighted by molar-refractivity contribution is 0.331. The summed E-state index contributed by atoms with van der Waals surface area (Å²) in [5.74, 6) is 1.78. The van der Waals surface area contributed by atoms with Crippen molar-refractivity contribution in [2.75, 3.05) is 44.3 Å². The summed E-state index contributed by atoms with van der Waals surface area (Å²) in [5, 5.41) is 3.28. The Morgan fingerprint density at radius 2 is 2.00 bits per heavy atom. The number of nitrogen functional groups attached to an aromatic ring is 1. The minimum absolute atomic E-state index is 0.442. The average molecular weight is 279 g/mol. The monoisotopic (exact) mass is 279 g/mol. The molecule has 0 radical (unpaired) electrons. The van der Waals surface area contributed by atoms with Crippen molar-refractivity contribution >= 4 is 11.5 Å². The molecule has 1 aliphatic rings. The van der Waals surface area contributed by atoms with Gasteiger partial charge in [0.25, 0.3) is 0 Å². The van der Waals surface area contributed by atoms with Crippen LogP contribution in [0.5, 0.6) is 5.88 Å². The van der Waals surface area contributed by atoms with Crippen LogP contribution in [0.15, 0.2) is 0 Å². The molecule has 0 amide bonds. The van der Waals surface area contributed by atoms with Crippen molar-refractivity contribution in [2.45, 2.75) is 32.6 Å². The van der Waals surface area contributed by atoms with E-state index in [1.165, 1.54) is 38.9 Å². The molecule has 1 fully saturated rings. The molecule has 20 heavy (non-hydrogen) atoms. The van der Waals surface area contributed by atoms with Gasteiger partial charge >= 0.3 is 0 Å². The van der Waals surface area contributed by atoms with E-state index in [2.05, 4.69) is 20.2 Å². The molecule has 2 rings (SSSR count). The van der Waals surface area contributed by atoms with E-state index >= 15 is 0 Å². The Morgan fingerprint density at radius 1 is 1.25 bits per heavy atom. The molecule has 2 heterocycles. The van der Waals surface area contributed by atoms with E-state index in [1.807, 2.05) is 6.92 Å². The molecule has 1 saturated heterocycles. The molecule has 0 saturated carbocycles. The number of nitrogens with one attached hydrogen (secondary N) is 1. The predicted molar refractivity (Wildman–Crippen MR) is 81.1 cm³/mol. The predicted octanol–water partition coefficient (Wildman–Crippen LogP) is 1.66. The zero-order chi connectivity index (χ0) is 14.4. The summed E-state index contributed by atoms with van der Waals surface area (Å²) in [7, 11) is 1.57. The highest BCUT2D eigenvalue weighted by Crippen LogP contribution is 2.25. The van der Waals surface area contributed by atoms with Crippen molar-refractivity contribution < 1.29 is 4.74 Å². The Hall–Kier alpha value is -1.56. The van der Waals surface area contributed by atoms with Crippen molar-refractivity contribution in [1.29, 1.82) is 0 Å². The van der Waals surface area contributed by atoms with Crippen molar-refractivity contribution in [1.82, 2.24) is 14.9 Å². The highest BCUT2D eigenvalue weighted by atomic mass is 16.5. The summed E-state index contributed by atoms with van der Waals surface area (Å²) in [5.41, 5.74) is 6.44. The van der Waals surface area contributed by atoms with Gasteiger partial charge in [0, 0.05) is 6.54 Å². The maximum atomic E-state index is 5.96. The summed E-state index contributed by atoms with van der Waals surface area (Å²) in [6.07, 6.45) is 5.03. The van der Waals surface area contributed by atoms with Gasteiger partial charge < -0.3 is 20.7 Å². The molecule has 1 aromatic rings. The van der Waals surface area contributed by atoms with Gasteiger partial charge in [0.15, 0.2) is 5.82 Å². The third-order valence-corrected chi connectivity index (χ3v) is 3.61. The standard InChI is InChI=1S/C14H25N5O/c1-11-17-13(12(15)14(18-11)20-2)16-7-3-4-8-19-9-5-6-10-19/h3-10,15H2,1-2H3,(H,16,17,18). The van der Waals surface area contributed by atoms with Crippen LogP contribution in [-0.4, -0.2) is 48.2 Å². The number of rotatable bonds is 7. The number of aryl methyl sites for hydroxylation is 1. The number of ether oxygens (including phenoxy) is 1. The first kappa shape index (κ1) is 14.8. The van der Waals surface area contributed by atoms with Crippen LogP contribution in [0.25, 0.3) is 0 Å². The largest absolute Gasteiger partial charge is 0.479 e. The first-order valence-corrected chi connectivity index (χ1v) is 7.35. The topological polar surface area (TPSA) is 76.3 Å².